The molecule has 0 aliphatic heterocycles. The van der Waals surface area contributed by atoms with Crippen molar-refractivity contribution in [3.8, 4) is 0 Å². The zero-order valence-electron chi connectivity index (χ0n) is 14.6. The fraction of sp³-hybridized carbons (Fsp3) is 0.333. The van der Waals surface area contributed by atoms with Crippen LogP contribution >= 0.6 is 0 Å². The van der Waals surface area contributed by atoms with Gasteiger partial charge in [-0.3, -0.25) is 14.0 Å². The third-order valence-corrected chi connectivity index (χ3v) is 3.96. The second-order valence-electron chi connectivity index (χ2n) is 6.45. The van der Waals surface area contributed by atoms with Crippen molar-refractivity contribution in [2.24, 2.45) is 5.92 Å². The highest BCUT2D eigenvalue weighted by Gasteiger charge is 2.14. The minimum Gasteiger partial charge on any atom is -0.346 e. The second kappa shape index (κ2) is 6.88. The molecule has 0 aliphatic rings. The molecule has 130 valence electrons. The first kappa shape index (κ1) is 16.9. The van der Waals surface area contributed by atoms with Gasteiger partial charge in [-0.05, 0) is 25.0 Å². The normalized spacial score (nSPS) is 11.2. The van der Waals surface area contributed by atoms with E-state index in [1.165, 1.54) is 10.6 Å². The first-order valence-corrected chi connectivity index (χ1v) is 8.22. The number of fused-ring (bicyclic) bond motifs is 1. The summed E-state index contributed by atoms with van der Waals surface area (Å²) in [6.07, 6.45) is 4.80. The number of carbonyl (C=O) groups excluding carboxylic acids is 1. The Morgan fingerprint density at radius 1 is 1.28 bits per heavy atom. The summed E-state index contributed by atoms with van der Waals surface area (Å²) in [6, 6.07) is 5.37. The summed E-state index contributed by atoms with van der Waals surface area (Å²) in [5, 5.41) is 2.79. The van der Waals surface area contributed by atoms with Crippen LogP contribution in [0.4, 0.5) is 0 Å². The summed E-state index contributed by atoms with van der Waals surface area (Å²) in [6.45, 7) is 7.17. The minimum atomic E-state index is -0.438. The molecule has 0 fully saturated rings. The maximum absolute atomic E-state index is 12.6. The molecule has 25 heavy (non-hydrogen) atoms. The molecule has 3 heterocycles. The molecule has 0 unspecified atom stereocenters. The number of amides is 1. The average molecular weight is 339 g/mol. The Morgan fingerprint density at radius 3 is 2.84 bits per heavy atom. The lowest BCUT2D eigenvalue weighted by Gasteiger charge is -2.11. The minimum absolute atomic E-state index is 0.0294. The van der Waals surface area contributed by atoms with Crippen molar-refractivity contribution in [2.45, 2.75) is 33.9 Å². The predicted octanol–water partition coefficient (Wildman–Crippen LogP) is 1.79. The maximum atomic E-state index is 12.6. The van der Waals surface area contributed by atoms with Crippen LogP contribution in [-0.4, -0.2) is 24.8 Å². The Morgan fingerprint density at radius 2 is 2.08 bits per heavy atom. The van der Waals surface area contributed by atoms with Gasteiger partial charge in [0, 0.05) is 24.6 Å². The average Bonchev–Trinajstić information content (AvgIpc) is 2.99. The van der Waals surface area contributed by atoms with E-state index in [1.807, 2.05) is 23.6 Å². The first-order chi connectivity index (χ1) is 12.0. The molecule has 0 atom stereocenters. The molecule has 1 N–H and O–H groups in total. The van der Waals surface area contributed by atoms with Crippen LogP contribution in [0.25, 0.3) is 5.65 Å². The Kier molecular flexibility index (Phi) is 4.65. The third kappa shape index (κ3) is 3.45. The standard InChI is InChI=1S/C18H21N5O2/c1-12(2)10-22-11-19-7-14(22)8-21-17(24)15-9-20-16-6-4-5-13(3)23(16)18(15)25/h4-7,9,11-12H,8,10H2,1-3H3,(H,21,24). The van der Waals surface area contributed by atoms with E-state index >= 15 is 0 Å². The van der Waals surface area contributed by atoms with E-state index in [0.29, 0.717) is 18.1 Å². The molecular weight excluding hydrogens is 318 g/mol. The van der Waals surface area contributed by atoms with Gasteiger partial charge in [0.2, 0.25) is 0 Å². The molecule has 0 aromatic carbocycles. The van der Waals surface area contributed by atoms with Crippen LogP contribution < -0.4 is 10.9 Å². The molecule has 0 bridgehead atoms. The second-order valence-corrected chi connectivity index (χ2v) is 6.45. The van der Waals surface area contributed by atoms with E-state index < -0.39 is 5.91 Å². The molecule has 0 saturated heterocycles. The van der Waals surface area contributed by atoms with Gasteiger partial charge in [-0.2, -0.15) is 0 Å². The van der Waals surface area contributed by atoms with Gasteiger partial charge in [0.1, 0.15) is 11.2 Å². The fourth-order valence-corrected chi connectivity index (χ4v) is 2.75. The number of nitrogens with zero attached hydrogens (tertiary/aromatic N) is 4. The van der Waals surface area contributed by atoms with E-state index in [0.717, 1.165) is 17.9 Å². The Bertz CT molecular complexity index is 971. The van der Waals surface area contributed by atoms with Crippen LogP contribution in [0.5, 0.6) is 0 Å². The molecule has 3 aromatic rings. The number of hydrogen-bond donors (Lipinski definition) is 1. The van der Waals surface area contributed by atoms with Crippen LogP contribution in [0.1, 0.15) is 35.6 Å². The van der Waals surface area contributed by atoms with Gasteiger partial charge >= 0.3 is 0 Å². The van der Waals surface area contributed by atoms with Crippen LogP contribution in [0.15, 0.2) is 41.7 Å². The van der Waals surface area contributed by atoms with Gasteiger partial charge < -0.3 is 9.88 Å². The van der Waals surface area contributed by atoms with Gasteiger partial charge in [0.15, 0.2) is 0 Å². The summed E-state index contributed by atoms with van der Waals surface area (Å²) < 4.78 is 3.44. The molecule has 0 spiro atoms. The molecule has 7 heteroatoms. The first-order valence-electron chi connectivity index (χ1n) is 8.22. The van der Waals surface area contributed by atoms with Crippen molar-refractivity contribution in [3.63, 3.8) is 0 Å². The molecule has 7 nitrogen and oxygen atoms in total. The lowest BCUT2D eigenvalue weighted by molar-refractivity contribution is 0.0948. The molecule has 0 saturated carbocycles. The third-order valence-electron chi connectivity index (χ3n) is 3.96. The molecule has 3 aromatic heterocycles. The van der Waals surface area contributed by atoms with Crippen molar-refractivity contribution in [1.82, 2.24) is 24.3 Å². The largest absolute Gasteiger partial charge is 0.346 e. The molecule has 0 aliphatic carbocycles. The predicted molar refractivity (Wildman–Crippen MR) is 94.4 cm³/mol. The van der Waals surface area contributed by atoms with E-state index in [2.05, 4.69) is 29.1 Å². The zero-order valence-corrected chi connectivity index (χ0v) is 14.6. The van der Waals surface area contributed by atoms with Gasteiger partial charge in [0.25, 0.3) is 11.5 Å². The number of rotatable bonds is 5. The summed E-state index contributed by atoms with van der Waals surface area (Å²) in [4.78, 5) is 33.4. The zero-order chi connectivity index (χ0) is 18.0. The van der Waals surface area contributed by atoms with Crippen LogP contribution in [0, 0.1) is 12.8 Å². The van der Waals surface area contributed by atoms with E-state index in [9.17, 15) is 9.59 Å². The SMILES string of the molecule is Cc1cccc2ncc(C(=O)NCc3cncn3CC(C)C)c(=O)n12. The Balaban J connectivity index is 1.82. The fourth-order valence-electron chi connectivity index (χ4n) is 2.75. The van der Waals surface area contributed by atoms with Crippen molar-refractivity contribution < 1.29 is 4.79 Å². The number of aryl methyl sites for hydroxylation is 1. The number of hydrogen-bond acceptors (Lipinski definition) is 4. The molecule has 0 radical (unpaired) electrons. The highest BCUT2D eigenvalue weighted by Crippen LogP contribution is 2.06. The van der Waals surface area contributed by atoms with Crippen LogP contribution in [-0.2, 0) is 13.1 Å². The van der Waals surface area contributed by atoms with E-state index in [-0.39, 0.29) is 11.1 Å². The summed E-state index contributed by atoms with van der Waals surface area (Å²) in [5.41, 5.74) is 1.82. The quantitative estimate of drug-likeness (QED) is 0.768. The van der Waals surface area contributed by atoms with Crippen molar-refractivity contribution in [3.05, 3.63) is 64.2 Å². The van der Waals surface area contributed by atoms with Gasteiger partial charge in [-0.1, -0.05) is 19.9 Å². The monoisotopic (exact) mass is 339 g/mol. The Labute approximate surface area is 145 Å². The van der Waals surface area contributed by atoms with Crippen molar-refractivity contribution in [1.29, 1.82) is 0 Å². The van der Waals surface area contributed by atoms with Crippen LogP contribution in [0.3, 0.4) is 0 Å². The maximum Gasteiger partial charge on any atom is 0.270 e. The van der Waals surface area contributed by atoms with Gasteiger partial charge in [-0.25, -0.2) is 9.97 Å². The van der Waals surface area contributed by atoms with Crippen LogP contribution in [0.2, 0.25) is 0 Å². The smallest absolute Gasteiger partial charge is 0.270 e. The summed E-state index contributed by atoms with van der Waals surface area (Å²) in [5.74, 6) is 0.0356. The summed E-state index contributed by atoms with van der Waals surface area (Å²) in [7, 11) is 0. The van der Waals surface area contributed by atoms with Gasteiger partial charge in [0.05, 0.1) is 18.6 Å². The lowest BCUT2D eigenvalue weighted by atomic mass is 10.2. The number of pyridine rings is 1. The highest BCUT2D eigenvalue weighted by molar-refractivity contribution is 5.93. The summed E-state index contributed by atoms with van der Waals surface area (Å²) >= 11 is 0. The number of nitrogens with one attached hydrogen (secondary N) is 1. The lowest BCUT2D eigenvalue weighted by Crippen LogP contribution is -2.32. The topological polar surface area (TPSA) is 81.3 Å². The Hall–Kier alpha value is -2.96. The number of imidazole rings is 1. The highest BCUT2D eigenvalue weighted by atomic mass is 16.2. The van der Waals surface area contributed by atoms with E-state index in [1.54, 1.807) is 18.6 Å². The molecule has 3 rings (SSSR count). The molecule has 1 amide bonds. The van der Waals surface area contributed by atoms with Crippen molar-refractivity contribution >= 4 is 11.6 Å². The number of aromatic nitrogens is 4. The number of carbonyl (C=O) groups is 1. The van der Waals surface area contributed by atoms with E-state index in [4.69, 9.17) is 0 Å². The molecular formula is C18H21N5O2. The van der Waals surface area contributed by atoms with Crippen molar-refractivity contribution in [2.75, 3.05) is 0 Å². The van der Waals surface area contributed by atoms with Gasteiger partial charge in [-0.15, -0.1) is 0 Å².